The van der Waals surface area contributed by atoms with Crippen LogP contribution < -0.4 is 0 Å². The third kappa shape index (κ3) is 3.63. The minimum Gasteiger partial charge on any atom is -0.264 e. The van der Waals surface area contributed by atoms with Crippen LogP contribution in [0.1, 0.15) is 11.1 Å². The Hall–Kier alpha value is -2.29. The van der Waals surface area contributed by atoms with Crippen molar-refractivity contribution in [3.63, 3.8) is 0 Å². The maximum absolute atomic E-state index is 12.6. The highest BCUT2D eigenvalue weighted by atomic mass is 19.1. The summed E-state index contributed by atoms with van der Waals surface area (Å²) in [4.78, 5) is 4.07. The van der Waals surface area contributed by atoms with Crippen molar-refractivity contribution in [2.75, 3.05) is 0 Å². The minimum atomic E-state index is -0.269. The lowest BCUT2D eigenvalue weighted by Gasteiger charge is -1.92. The number of hydrogen-bond donors (Lipinski definition) is 0. The quantitative estimate of drug-likeness (QED) is 0.721. The fraction of sp³-hybridized carbons (Fsp3) is 0. The lowest BCUT2D eigenvalue weighted by Crippen LogP contribution is -1.80. The number of rotatable bonds is 3. The molecule has 0 fully saturated rings. The van der Waals surface area contributed by atoms with Gasteiger partial charge in [-0.05, 0) is 41.5 Å². The molecule has 0 atom stereocenters. The van der Waals surface area contributed by atoms with Gasteiger partial charge in [0.15, 0.2) is 0 Å². The Labute approximate surface area is 104 Å². The van der Waals surface area contributed by atoms with Crippen molar-refractivity contribution in [3.05, 3.63) is 77.5 Å². The molecule has 2 rings (SSSR count). The molecule has 0 aliphatic carbocycles. The van der Waals surface area contributed by atoms with E-state index < -0.39 is 0 Å². The van der Waals surface area contributed by atoms with Gasteiger partial charge in [-0.15, -0.1) is 0 Å². The summed E-state index contributed by atoms with van der Waals surface area (Å²) in [6.07, 6.45) is 5.00. The van der Waals surface area contributed by atoms with Crippen LogP contribution in [0.4, 0.5) is 8.78 Å². The summed E-state index contributed by atoms with van der Waals surface area (Å²) in [5.41, 5.74) is 1.69. The Kier molecular flexibility index (Phi) is 3.97. The molecule has 0 spiro atoms. The van der Waals surface area contributed by atoms with Gasteiger partial charge in [-0.1, -0.05) is 24.3 Å². The van der Waals surface area contributed by atoms with E-state index >= 15 is 0 Å². The van der Waals surface area contributed by atoms with Gasteiger partial charge in [-0.3, -0.25) is 4.99 Å². The van der Waals surface area contributed by atoms with Crippen molar-refractivity contribution in [3.8, 4) is 0 Å². The van der Waals surface area contributed by atoms with Crippen molar-refractivity contribution in [1.29, 1.82) is 0 Å². The van der Waals surface area contributed by atoms with E-state index in [1.54, 1.807) is 42.8 Å². The molecule has 0 aromatic heterocycles. The normalized spacial score (nSPS) is 11.4. The van der Waals surface area contributed by atoms with Crippen LogP contribution in [0.25, 0.3) is 6.08 Å². The van der Waals surface area contributed by atoms with E-state index in [1.807, 2.05) is 0 Å². The van der Waals surface area contributed by atoms with Gasteiger partial charge in [-0.25, -0.2) is 8.78 Å². The van der Waals surface area contributed by atoms with Gasteiger partial charge >= 0.3 is 0 Å². The molecule has 0 N–H and O–H groups in total. The highest BCUT2D eigenvalue weighted by Crippen LogP contribution is 2.05. The molecule has 3 heteroatoms. The first-order chi connectivity index (χ1) is 8.74. The van der Waals surface area contributed by atoms with E-state index in [1.165, 1.54) is 24.3 Å². The zero-order chi connectivity index (χ0) is 12.8. The zero-order valence-electron chi connectivity index (χ0n) is 9.55. The van der Waals surface area contributed by atoms with E-state index in [2.05, 4.69) is 4.99 Å². The summed E-state index contributed by atoms with van der Waals surface area (Å²) in [7, 11) is 0. The summed E-state index contributed by atoms with van der Waals surface area (Å²) >= 11 is 0. The topological polar surface area (TPSA) is 12.4 Å². The van der Waals surface area contributed by atoms with Crippen LogP contribution in [-0.2, 0) is 0 Å². The SMILES string of the molecule is Fc1ccc(C=CN=Cc2ccc(F)cc2)cc1. The molecular formula is C15H11F2N. The second-order valence-corrected chi connectivity index (χ2v) is 3.70. The number of aliphatic imine (C=N–C) groups is 1. The highest BCUT2D eigenvalue weighted by Gasteiger charge is 1.89. The zero-order valence-corrected chi connectivity index (χ0v) is 9.55. The Balaban J connectivity index is 1.98. The molecule has 0 unspecified atom stereocenters. The molecule has 0 aliphatic heterocycles. The Morgan fingerprint density at radius 3 is 1.78 bits per heavy atom. The number of nitrogens with zero attached hydrogens (tertiary/aromatic N) is 1. The molecule has 2 aromatic carbocycles. The Morgan fingerprint density at radius 1 is 0.722 bits per heavy atom. The van der Waals surface area contributed by atoms with Crippen molar-refractivity contribution in [1.82, 2.24) is 0 Å². The maximum Gasteiger partial charge on any atom is 0.123 e. The highest BCUT2D eigenvalue weighted by molar-refractivity contribution is 5.80. The first-order valence-electron chi connectivity index (χ1n) is 5.45. The lowest BCUT2D eigenvalue weighted by molar-refractivity contribution is 0.627. The van der Waals surface area contributed by atoms with E-state index in [9.17, 15) is 8.78 Å². The van der Waals surface area contributed by atoms with Gasteiger partial charge in [0.05, 0.1) is 0 Å². The van der Waals surface area contributed by atoms with Crippen LogP contribution in [0.2, 0.25) is 0 Å². The second-order valence-electron chi connectivity index (χ2n) is 3.70. The Bertz CT molecular complexity index is 501. The molecule has 18 heavy (non-hydrogen) atoms. The second kappa shape index (κ2) is 5.87. The van der Waals surface area contributed by atoms with E-state index in [0.717, 1.165) is 11.1 Å². The number of halogens is 2. The van der Waals surface area contributed by atoms with Crippen molar-refractivity contribution in [2.45, 2.75) is 0 Å². The molecule has 90 valence electrons. The molecular weight excluding hydrogens is 232 g/mol. The molecule has 0 radical (unpaired) electrons. The van der Waals surface area contributed by atoms with Crippen LogP contribution in [0, 0.1) is 11.6 Å². The van der Waals surface area contributed by atoms with Crippen LogP contribution in [0.3, 0.4) is 0 Å². The third-order valence-electron chi connectivity index (χ3n) is 2.32. The molecule has 0 saturated carbocycles. The standard InChI is InChI=1S/C15H11F2N/c16-14-5-1-12(2-6-14)9-10-18-11-13-3-7-15(17)8-4-13/h1-11H. The molecule has 2 aromatic rings. The number of hydrogen-bond acceptors (Lipinski definition) is 1. The van der Waals surface area contributed by atoms with Gasteiger partial charge in [0, 0.05) is 12.4 Å². The molecule has 1 nitrogen and oxygen atoms in total. The van der Waals surface area contributed by atoms with Crippen LogP contribution >= 0.6 is 0 Å². The fourth-order valence-corrected chi connectivity index (χ4v) is 1.38. The molecule has 0 amide bonds. The molecule has 0 saturated heterocycles. The first-order valence-corrected chi connectivity index (χ1v) is 5.45. The minimum absolute atomic E-state index is 0.262. The van der Waals surface area contributed by atoms with E-state index in [-0.39, 0.29) is 11.6 Å². The summed E-state index contributed by atoms with van der Waals surface area (Å²) in [5.74, 6) is -0.532. The van der Waals surface area contributed by atoms with E-state index in [4.69, 9.17) is 0 Å². The van der Waals surface area contributed by atoms with Crippen molar-refractivity contribution >= 4 is 12.3 Å². The van der Waals surface area contributed by atoms with Crippen LogP contribution in [-0.4, -0.2) is 6.21 Å². The first kappa shape index (κ1) is 12.2. The maximum atomic E-state index is 12.6. The predicted molar refractivity (Wildman–Crippen MR) is 69.4 cm³/mol. The van der Waals surface area contributed by atoms with Gasteiger partial charge in [0.2, 0.25) is 0 Å². The Morgan fingerprint density at radius 2 is 1.22 bits per heavy atom. The summed E-state index contributed by atoms with van der Waals surface area (Å²) < 4.78 is 25.3. The van der Waals surface area contributed by atoms with Gasteiger partial charge in [0.25, 0.3) is 0 Å². The smallest absolute Gasteiger partial charge is 0.123 e. The average molecular weight is 243 g/mol. The summed E-state index contributed by atoms with van der Waals surface area (Å²) in [6.45, 7) is 0. The predicted octanol–water partition coefficient (Wildman–Crippen LogP) is 4.05. The van der Waals surface area contributed by atoms with Crippen LogP contribution in [0.15, 0.2) is 59.7 Å². The average Bonchev–Trinajstić information content (AvgIpc) is 2.39. The lowest BCUT2D eigenvalue weighted by atomic mass is 10.2. The summed E-state index contributed by atoms with van der Waals surface area (Å²) in [6, 6.07) is 12.2. The third-order valence-corrected chi connectivity index (χ3v) is 2.32. The van der Waals surface area contributed by atoms with Gasteiger partial charge in [-0.2, -0.15) is 0 Å². The molecule has 0 heterocycles. The number of benzene rings is 2. The monoisotopic (exact) mass is 243 g/mol. The van der Waals surface area contributed by atoms with Crippen molar-refractivity contribution < 1.29 is 8.78 Å². The van der Waals surface area contributed by atoms with E-state index in [0.29, 0.717) is 0 Å². The fourth-order valence-electron chi connectivity index (χ4n) is 1.38. The van der Waals surface area contributed by atoms with Gasteiger partial charge in [0.1, 0.15) is 11.6 Å². The largest absolute Gasteiger partial charge is 0.264 e. The van der Waals surface area contributed by atoms with Crippen molar-refractivity contribution in [2.24, 2.45) is 4.99 Å². The van der Waals surface area contributed by atoms with Gasteiger partial charge < -0.3 is 0 Å². The summed E-state index contributed by atoms with van der Waals surface area (Å²) in [5, 5.41) is 0. The van der Waals surface area contributed by atoms with Crippen LogP contribution in [0.5, 0.6) is 0 Å². The molecule has 0 bridgehead atoms. The molecule has 0 aliphatic rings.